The number of para-hydroxylation sites is 1. The number of carbonyl (C=O) groups is 1. The molecular weight excluding hydrogens is 295 g/mol. The first-order valence-corrected chi connectivity index (χ1v) is 7.52. The normalized spacial score (nSPS) is 18.0. The number of nitrogens with zero attached hydrogens (tertiary/aromatic N) is 1. The molecule has 0 spiro atoms. The molecule has 1 aromatic rings. The van der Waals surface area contributed by atoms with Crippen molar-refractivity contribution in [3.63, 3.8) is 0 Å². The Morgan fingerprint density at radius 1 is 1.18 bits per heavy atom. The van der Waals surface area contributed by atoms with Crippen molar-refractivity contribution >= 4 is 11.6 Å². The Bertz CT molecular complexity index is 496. The van der Waals surface area contributed by atoms with E-state index in [4.69, 9.17) is 0 Å². The van der Waals surface area contributed by atoms with Crippen LogP contribution < -0.4 is 4.90 Å². The smallest absolute Gasteiger partial charge is 0.310 e. The zero-order valence-corrected chi connectivity index (χ0v) is 12.5. The highest BCUT2D eigenvalue weighted by Gasteiger charge is 2.50. The molecule has 1 fully saturated rings. The molecule has 1 aliphatic carbocycles. The lowest BCUT2D eigenvalue weighted by molar-refractivity contribution is -0.362. The number of hydrogen-bond acceptors (Lipinski definition) is 2. The summed E-state index contributed by atoms with van der Waals surface area (Å²) in [5.41, 5.74) is -1.20. The minimum absolute atomic E-state index is 0.106. The summed E-state index contributed by atoms with van der Waals surface area (Å²) in [6.07, 6.45) is -2.65. The first-order chi connectivity index (χ1) is 10.4. The maximum Gasteiger partial charge on any atom is 0.523 e. The van der Waals surface area contributed by atoms with Gasteiger partial charge in [-0.3, -0.25) is 9.53 Å². The molecule has 0 radical (unpaired) electrons. The summed E-state index contributed by atoms with van der Waals surface area (Å²) in [6.45, 7) is 2.04. The SMILES string of the molecule is CCN(C(=O)C1(OC(F)(F)F)CCCCC1)c1ccccc1. The molecule has 122 valence electrons. The van der Waals surface area contributed by atoms with E-state index in [9.17, 15) is 18.0 Å². The quantitative estimate of drug-likeness (QED) is 0.830. The lowest BCUT2D eigenvalue weighted by Gasteiger charge is -2.39. The van der Waals surface area contributed by atoms with Crippen LogP contribution in [0.15, 0.2) is 30.3 Å². The lowest BCUT2D eigenvalue weighted by atomic mass is 9.83. The van der Waals surface area contributed by atoms with Gasteiger partial charge >= 0.3 is 6.36 Å². The molecule has 22 heavy (non-hydrogen) atoms. The van der Waals surface area contributed by atoms with Gasteiger partial charge in [-0.05, 0) is 31.9 Å². The molecule has 0 saturated heterocycles. The van der Waals surface area contributed by atoms with E-state index in [1.165, 1.54) is 4.90 Å². The standard InChI is InChI=1S/C16H20F3NO2/c1-2-20(13-9-5-3-6-10-13)14(21)15(22-16(17,18)19)11-7-4-8-12-15/h3,5-6,9-10H,2,4,7-8,11-12H2,1H3. The summed E-state index contributed by atoms with van der Waals surface area (Å²) in [7, 11) is 0. The molecule has 1 aliphatic rings. The molecule has 0 bridgehead atoms. The maximum atomic E-state index is 12.8. The van der Waals surface area contributed by atoms with E-state index in [0.717, 1.165) is 6.42 Å². The minimum atomic E-state index is -4.82. The predicted octanol–water partition coefficient (Wildman–Crippen LogP) is 4.28. The third kappa shape index (κ3) is 3.80. The molecule has 1 amide bonds. The Labute approximate surface area is 128 Å². The first-order valence-electron chi connectivity index (χ1n) is 7.52. The van der Waals surface area contributed by atoms with Gasteiger partial charge in [-0.25, -0.2) is 0 Å². The Morgan fingerprint density at radius 2 is 1.77 bits per heavy atom. The summed E-state index contributed by atoms with van der Waals surface area (Å²) >= 11 is 0. The molecule has 0 N–H and O–H groups in total. The van der Waals surface area contributed by atoms with Crippen LogP contribution >= 0.6 is 0 Å². The monoisotopic (exact) mass is 315 g/mol. The van der Waals surface area contributed by atoms with Crippen molar-refractivity contribution in [1.82, 2.24) is 0 Å². The van der Waals surface area contributed by atoms with Crippen LogP contribution in [-0.2, 0) is 9.53 Å². The summed E-state index contributed by atoms with van der Waals surface area (Å²) in [5, 5.41) is 0. The summed E-state index contributed by atoms with van der Waals surface area (Å²) in [4.78, 5) is 14.2. The fourth-order valence-corrected chi connectivity index (χ4v) is 3.00. The predicted molar refractivity (Wildman–Crippen MR) is 77.4 cm³/mol. The zero-order valence-electron chi connectivity index (χ0n) is 12.5. The maximum absolute atomic E-state index is 12.8. The molecule has 6 heteroatoms. The van der Waals surface area contributed by atoms with Crippen molar-refractivity contribution in [3.8, 4) is 0 Å². The van der Waals surface area contributed by atoms with Gasteiger partial charge in [-0.15, -0.1) is 13.2 Å². The highest BCUT2D eigenvalue weighted by atomic mass is 19.4. The molecule has 3 nitrogen and oxygen atoms in total. The van der Waals surface area contributed by atoms with E-state index >= 15 is 0 Å². The molecule has 0 aliphatic heterocycles. The van der Waals surface area contributed by atoms with E-state index in [1.807, 2.05) is 0 Å². The van der Waals surface area contributed by atoms with Crippen molar-refractivity contribution < 1.29 is 22.7 Å². The largest absolute Gasteiger partial charge is 0.523 e. The molecule has 2 rings (SSSR count). The van der Waals surface area contributed by atoms with Gasteiger partial charge in [0.05, 0.1) is 0 Å². The lowest BCUT2D eigenvalue weighted by Crippen LogP contribution is -2.54. The summed E-state index contributed by atoms with van der Waals surface area (Å²) < 4.78 is 42.8. The first kappa shape index (κ1) is 16.8. The highest BCUT2D eigenvalue weighted by molar-refractivity contribution is 5.99. The van der Waals surface area contributed by atoms with Gasteiger partial charge in [-0.2, -0.15) is 0 Å². The number of rotatable bonds is 4. The van der Waals surface area contributed by atoms with Gasteiger partial charge < -0.3 is 4.90 Å². The van der Waals surface area contributed by atoms with Crippen LogP contribution in [-0.4, -0.2) is 24.4 Å². The third-order valence-electron chi connectivity index (χ3n) is 3.99. The van der Waals surface area contributed by atoms with Gasteiger partial charge in [-0.1, -0.05) is 37.5 Å². The molecule has 0 atom stereocenters. The Balaban J connectivity index is 2.31. The Kier molecular flexibility index (Phi) is 5.11. The Morgan fingerprint density at radius 3 is 2.27 bits per heavy atom. The van der Waals surface area contributed by atoms with E-state index < -0.39 is 17.9 Å². The molecule has 1 saturated carbocycles. The number of hydrogen-bond donors (Lipinski definition) is 0. The number of halogens is 3. The van der Waals surface area contributed by atoms with Crippen molar-refractivity contribution in [2.24, 2.45) is 0 Å². The van der Waals surface area contributed by atoms with E-state index in [2.05, 4.69) is 4.74 Å². The van der Waals surface area contributed by atoms with Gasteiger partial charge in [0.15, 0.2) is 5.60 Å². The number of amides is 1. The molecule has 1 aromatic carbocycles. The minimum Gasteiger partial charge on any atom is -0.310 e. The summed E-state index contributed by atoms with van der Waals surface area (Å²) in [6, 6.07) is 8.73. The summed E-state index contributed by atoms with van der Waals surface area (Å²) in [5.74, 6) is -0.599. The highest BCUT2D eigenvalue weighted by Crippen LogP contribution is 2.39. The second kappa shape index (κ2) is 6.69. The average Bonchev–Trinajstić information content (AvgIpc) is 2.48. The van der Waals surface area contributed by atoms with Crippen molar-refractivity contribution in [1.29, 1.82) is 0 Å². The second-order valence-corrected chi connectivity index (χ2v) is 5.49. The Hall–Kier alpha value is -1.56. The molecule has 0 aromatic heterocycles. The van der Waals surface area contributed by atoms with E-state index in [0.29, 0.717) is 25.1 Å². The van der Waals surface area contributed by atoms with Gasteiger partial charge in [0, 0.05) is 12.2 Å². The van der Waals surface area contributed by atoms with Crippen LogP contribution in [0.25, 0.3) is 0 Å². The fourth-order valence-electron chi connectivity index (χ4n) is 3.00. The van der Waals surface area contributed by atoms with Crippen LogP contribution in [0.1, 0.15) is 39.0 Å². The van der Waals surface area contributed by atoms with Gasteiger partial charge in [0.2, 0.25) is 0 Å². The van der Waals surface area contributed by atoms with E-state index in [-0.39, 0.29) is 12.8 Å². The van der Waals surface area contributed by atoms with Crippen molar-refractivity contribution in [3.05, 3.63) is 30.3 Å². The number of alkyl halides is 3. The van der Waals surface area contributed by atoms with Crippen LogP contribution in [0.5, 0.6) is 0 Å². The zero-order chi connectivity index (χ0) is 16.2. The average molecular weight is 315 g/mol. The van der Waals surface area contributed by atoms with Crippen LogP contribution in [0.2, 0.25) is 0 Å². The molecular formula is C16H20F3NO2. The van der Waals surface area contributed by atoms with Gasteiger partial charge in [0.25, 0.3) is 5.91 Å². The van der Waals surface area contributed by atoms with Crippen molar-refractivity contribution in [2.45, 2.75) is 51.0 Å². The van der Waals surface area contributed by atoms with E-state index in [1.54, 1.807) is 37.3 Å². The topological polar surface area (TPSA) is 29.5 Å². The molecule has 0 heterocycles. The number of ether oxygens (including phenoxy) is 1. The van der Waals surface area contributed by atoms with Gasteiger partial charge in [0.1, 0.15) is 0 Å². The van der Waals surface area contributed by atoms with Crippen molar-refractivity contribution in [2.75, 3.05) is 11.4 Å². The van der Waals surface area contributed by atoms with Crippen LogP contribution in [0.3, 0.4) is 0 Å². The number of benzene rings is 1. The van der Waals surface area contributed by atoms with Crippen LogP contribution in [0.4, 0.5) is 18.9 Å². The second-order valence-electron chi connectivity index (χ2n) is 5.49. The number of anilines is 1. The fraction of sp³-hybridized carbons (Fsp3) is 0.562. The van der Waals surface area contributed by atoms with Crippen LogP contribution in [0, 0.1) is 0 Å². The number of likely N-dealkylation sites (N-methyl/N-ethyl adjacent to an activating group) is 1. The third-order valence-corrected chi connectivity index (χ3v) is 3.99. The number of carbonyl (C=O) groups excluding carboxylic acids is 1. The molecule has 0 unspecified atom stereocenters.